The van der Waals surface area contributed by atoms with E-state index in [1.807, 2.05) is 0 Å². The Morgan fingerprint density at radius 2 is 2.10 bits per heavy atom. The predicted molar refractivity (Wildman–Crippen MR) is 117 cm³/mol. The number of hydrogen-bond acceptors (Lipinski definition) is 9. The van der Waals surface area contributed by atoms with E-state index in [1.54, 1.807) is 12.1 Å². The Labute approximate surface area is 176 Å². The smallest absolute Gasteiger partial charge is 0.269 e. The lowest BCUT2D eigenvalue weighted by Gasteiger charge is -2.08. The fraction of sp³-hybridized carbons (Fsp3) is 0.250. The number of hydrogen-bond donors (Lipinski definition) is 2. The number of carbonyl (C=O) groups excluding carboxylic acids is 1. The van der Waals surface area contributed by atoms with Crippen molar-refractivity contribution < 1.29 is 14.2 Å². The summed E-state index contributed by atoms with van der Waals surface area (Å²) in [5.41, 5.74) is 8.27. The molecule has 2 aromatic heterocycles. The van der Waals surface area contributed by atoms with Crippen LogP contribution in [0.2, 0.25) is 0 Å². The number of nitrogens with one attached hydrogen (secondary N) is 1. The van der Waals surface area contributed by atoms with Gasteiger partial charge in [0, 0.05) is 35.9 Å². The van der Waals surface area contributed by atoms with Gasteiger partial charge >= 0.3 is 0 Å². The number of carbonyl (C=O) groups is 1. The summed E-state index contributed by atoms with van der Waals surface area (Å²) in [4.78, 5) is 27.5. The van der Waals surface area contributed by atoms with Crippen LogP contribution in [0.5, 0.6) is 0 Å². The molecule has 0 aliphatic carbocycles. The molecule has 30 heavy (non-hydrogen) atoms. The van der Waals surface area contributed by atoms with E-state index < -0.39 is 4.92 Å². The van der Waals surface area contributed by atoms with Gasteiger partial charge in [0.1, 0.15) is 10.6 Å². The van der Waals surface area contributed by atoms with E-state index in [2.05, 4.69) is 36.0 Å². The summed E-state index contributed by atoms with van der Waals surface area (Å²) < 4.78 is 5.24. The molecule has 3 aromatic rings. The second kappa shape index (κ2) is 8.87. The molecule has 0 aliphatic rings. The molecule has 0 atom stereocenters. The first-order valence-corrected chi connectivity index (χ1v) is 9.97. The Morgan fingerprint density at radius 3 is 2.70 bits per heavy atom. The number of nitrogen functional groups attached to an aromatic ring is 1. The van der Waals surface area contributed by atoms with Gasteiger partial charge in [-0.1, -0.05) is 19.0 Å². The Hall–Kier alpha value is -3.53. The maximum Gasteiger partial charge on any atom is 0.269 e. The van der Waals surface area contributed by atoms with Gasteiger partial charge in [0.2, 0.25) is 11.5 Å². The molecule has 0 aliphatic heterocycles. The minimum Gasteiger partial charge on any atom is -0.397 e. The van der Waals surface area contributed by atoms with Crippen molar-refractivity contribution in [2.45, 2.75) is 20.4 Å². The predicted octanol–water partition coefficient (Wildman–Crippen LogP) is 4.39. The van der Waals surface area contributed by atoms with Crippen molar-refractivity contribution in [1.82, 2.24) is 5.16 Å². The lowest BCUT2D eigenvalue weighted by molar-refractivity contribution is -0.384. The van der Waals surface area contributed by atoms with Gasteiger partial charge in [-0.25, -0.2) is 0 Å². The number of non-ortho nitro benzene ring substituents is 1. The molecule has 0 fully saturated rings. The van der Waals surface area contributed by atoms with Crippen LogP contribution >= 0.6 is 11.3 Å². The van der Waals surface area contributed by atoms with Crippen LogP contribution in [0.4, 0.5) is 16.4 Å². The van der Waals surface area contributed by atoms with Crippen molar-refractivity contribution in [3.05, 3.63) is 56.6 Å². The summed E-state index contributed by atoms with van der Waals surface area (Å²) >= 11 is 1.25. The van der Waals surface area contributed by atoms with Gasteiger partial charge in [0.25, 0.3) is 5.69 Å². The zero-order chi connectivity index (χ0) is 21.8. The van der Waals surface area contributed by atoms with Gasteiger partial charge in [-0.15, -0.1) is 11.3 Å². The number of nitrogens with zero attached hydrogens (tertiary/aromatic N) is 3. The first kappa shape index (κ1) is 21.2. The molecule has 9 nitrogen and oxygen atoms in total. The molecule has 3 rings (SSSR count). The average molecular weight is 427 g/mol. The third kappa shape index (κ3) is 4.38. The number of rotatable bonds is 9. The number of nitro benzene ring substituents is 1. The Morgan fingerprint density at radius 1 is 1.40 bits per heavy atom. The number of aromatic nitrogens is 1. The summed E-state index contributed by atoms with van der Waals surface area (Å²) in [6.45, 7) is 8.69. The number of ketones is 1. The van der Waals surface area contributed by atoms with Gasteiger partial charge in [-0.3, -0.25) is 19.9 Å². The Kier molecular flexibility index (Phi) is 6.26. The van der Waals surface area contributed by atoms with Gasteiger partial charge in [-0.05, 0) is 24.8 Å². The van der Waals surface area contributed by atoms with Crippen LogP contribution in [0, 0.1) is 16.0 Å². The Bertz CT molecular complexity index is 1090. The third-order valence-corrected chi connectivity index (χ3v) is 5.51. The van der Waals surface area contributed by atoms with E-state index in [4.69, 9.17) is 10.3 Å². The van der Waals surface area contributed by atoms with Crippen LogP contribution in [0.15, 0.2) is 39.8 Å². The summed E-state index contributed by atoms with van der Waals surface area (Å²) in [6, 6.07) is 7.32. The van der Waals surface area contributed by atoms with Gasteiger partial charge in [0.15, 0.2) is 0 Å². The standard InChI is InChI=1S/C20H21N5O4S/c1-11(2)9-23-20-14(10-22-3)17(21)19(30-20)18(26)16-8-15(24-29-16)12-4-6-13(7-5-12)25(27)28/h4-8,11,23H,3,9-10,21H2,1-2H3. The highest BCUT2D eigenvalue weighted by molar-refractivity contribution is 7.19. The highest BCUT2D eigenvalue weighted by Crippen LogP contribution is 2.38. The van der Waals surface area contributed by atoms with Crippen LogP contribution < -0.4 is 11.1 Å². The minimum absolute atomic E-state index is 0.0322. The van der Waals surface area contributed by atoms with Crippen molar-refractivity contribution in [3.8, 4) is 11.3 Å². The molecular formula is C20H21N5O4S. The van der Waals surface area contributed by atoms with E-state index >= 15 is 0 Å². The van der Waals surface area contributed by atoms with Crippen LogP contribution in [-0.2, 0) is 6.54 Å². The third-order valence-electron chi connectivity index (χ3n) is 4.30. The zero-order valence-corrected chi connectivity index (χ0v) is 17.4. The number of thiophene rings is 1. The summed E-state index contributed by atoms with van der Waals surface area (Å²) in [5.74, 6) is 0.0569. The fourth-order valence-corrected chi connectivity index (χ4v) is 3.82. The molecule has 1 aromatic carbocycles. The molecule has 0 saturated carbocycles. The maximum atomic E-state index is 13.0. The number of aliphatic imine (C=N–C) groups is 1. The molecule has 0 amide bonds. The molecule has 10 heteroatoms. The minimum atomic E-state index is -0.484. The number of benzene rings is 1. The van der Waals surface area contributed by atoms with Gasteiger partial charge in [0.05, 0.1) is 22.2 Å². The molecule has 0 radical (unpaired) electrons. The molecular weight excluding hydrogens is 406 g/mol. The van der Waals surface area contributed by atoms with E-state index in [9.17, 15) is 14.9 Å². The van der Waals surface area contributed by atoms with Crippen LogP contribution in [0.1, 0.15) is 34.8 Å². The second-order valence-electron chi connectivity index (χ2n) is 7.02. The first-order valence-electron chi connectivity index (χ1n) is 9.15. The molecule has 0 bridgehead atoms. The summed E-state index contributed by atoms with van der Waals surface area (Å²) in [6.07, 6.45) is 0. The van der Waals surface area contributed by atoms with Crippen molar-refractivity contribution in [2.24, 2.45) is 10.9 Å². The van der Waals surface area contributed by atoms with Crippen LogP contribution in [0.3, 0.4) is 0 Å². The van der Waals surface area contributed by atoms with Crippen molar-refractivity contribution >= 4 is 40.2 Å². The molecule has 0 spiro atoms. The Balaban J connectivity index is 1.89. The van der Waals surface area contributed by atoms with Crippen LogP contribution in [-0.4, -0.2) is 29.1 Å². The molecule has 2 heterocycles. The number of nitrogens with two attached hydrogens (primary N) is 1. The van der Waals surface area contributed by atoms with Crippen molar-refractivity contribution in [2.75, 3.05) is 17.6 Å². The largest absolute Gasteiger partial charge is 0.397 e. The van der Waals surface area contributed by atoms with E-state index in [1.165, 1.54) is 29.5 Å². The molecule has 3 N–H and O–H groups in total. The fourth-order valence-electron chi connectivity index (χ4n) is 2.74. The second-order valence-corrected chi connectivity index (χ2v) is 8.04. The SMILES string of the molecule is C=NCc1c(NCC(C)C)sc(C(=O)c2cc(-c3ccc([N+](=O)[O-])cc3)no2)c1N. The van der Waals surface area contributed by atoms with Crippen molar-refractivity contribution in [3.63, 3.8) is 0 Å². The quantitative estimate of drug-likeness (QED) is 0.223. The van der Waals surface area contributed by atoms with Gasteiger partial charge in [-0.2, -0.15) is 0 Å². The normalized spacial score (nSPS) is 10.9. The lowest BCUT2D eigenvalue weighted by atomic mass is 10.1. The van der Waals surface area contributed by atoms with Gasteiger partial charge < -0.3 is 15.6 Å². The molecule has 156 valence electrons. The van der Waals surface area contributed by atoms with E-state index in [0.29, 0.717) is 34.3 Å². The summed E-state index contributed by atoms with van der Waals surface area (Å²) in [7, 11) is 0. The average Bonchev–Trinajstić information content (AvgIpc) is 3.32. The monoisotopic (exact) mass is 427 g/mol. The number of anilines is 2. The van der Waals surface area contributed by atoms with Crippen LogP contribution in [0.25, 0.3) is 11.3 Å². The highest BCUT2D eigenvalue weighted by atomic mass is 32.1. The molecule has 0 unspecified atom stereocenters. The highest BCUT2D eigenvalue weighted by Gasteiger charge is 2.25. The maximum absolute atomic E-state index is 13.0. The molecule has 0 saturated heterocycles. The number of nitro groups is 1. The lowest BCUT2D eigenvalue weighted by Crippen LogP contribution is -2.08. The zero-order valence-electron chi connectivity index (χ0n) is 16.5. The van der Waals surface area contributed by atoms with E-state index in [0.717, 1.165) is 17.1 Å². The summed E-state index contributed by atoms with van der Waals surface area (Å²) in [5, 5.41) is 18.8. The topological polar surface area (TPSA) is 137 Å². The first-order chi connectivity index (χ1) is 14.3. The van der Waals surface area contributed by atoms with Crippen molar-refractivity contribution in [1.29, 1.82) is 0 Å². The van der Waals surface area contributed by atoms with E-state index in [-0.39, 0.29) is 17.2 Å².